The minimum Gasteiger partial charge on any atom is -0.452 e. The molecule has 148 valence electrons. The number of nitro benzene ring substituents is 1. The molecule has 0 aromatic heterocycles. The van der Waals surface area contributed by atoms with Crippen LogP contribution in [0.2, 0.25) is 0 Å². The average Bonchev–Trinajstić information content (AvgIpc) is 2.66. The Bertz CT molecular complexity index is 694. The number of anilines is 1. The molecule has 9 nitrogen and oxygen atoms in total. The van der Waals surface area contributed by atoms with Gasteiger partial charge in [-0.2, -0.15) is 0 Å². The summed E-state index contributed by atoms with van der Waals surface area (Å²) in [5.41, 5.74) is 0.0718. The molecule has 1 aromatic carbocycles. The van der Waals surface area contributed by atoms with Crippen molar-refractivity contribution >= 4 is 23.3 Å². The van der Waals surface area contributed by atoms with Crippen molar-refractivity contribution < 1.29 is 24.0 Å². The molecule has 1 heterocycles. The van der Waals surface area contributed by atoms with E-state index in [1.807, 2.05) is 0 Å². The highest BCUT2D eigenvalue weighted by molar-refractivity contribution is 5.93. The first kappa shape index (κ1) is 20.6. The van der Waals surface area contributed by atoms with Gasteiger partial charge >= 0.3 is 5.97 Å². The summed E-state index contributed by atoms with van der Waals surface area (Å²) in [5, 5.41) is 14.1. The van der Waals surface area contributed by atoms with E-state index in [2.05, 4.69) is 12.2 Å². The van der Waals surface area contributed by atoms with Gasteiger partial charge < -0.3 is 19.7 Å². The quantitative estimate of drug-likeness (QED) is 0.318. The van der Waals surface area contributed by atoms with Crippen LogP contribution < -0.4 is 5.32 Å². The van der Waals surface area contributed by atoms with Crippen LogP contribution in [-0.2, 0) is 14.3 Å². The lowest BCUT2D eigenvalue weighted by atomic mass is 10.0. The minimum atomic E-state index is -0.764. The van der Waals surface area contributed by atoms with Gasteiger partial charge in [0.25, 0.3) is 11.6 Å². The van der Waals surface area contributed by atoms with Crippen molar-refractivity contribution in [3.8, 4) is 0 Å². The zero-order valence-electron chi connectivity index (χ0n) is 15.6. The molecule has 0 radical (unpaired) electrons. The predicted octanol–water partition coefficient (Wildman–Crippen LogP) is 2.07. The third-order valence-corrected chi connectivity index (χ3v) is 4.39. The van der Waals surface area contributed by atoms with Crippen molar-refractivity contribution in [2.45, 2.75) is 19.8 Å². The van der Waals surface area contributed by atoms with Crippen LogP contribution in [0.3, 0.4) is 0 Å². The number of rotatable bonds is 8. The molecule has 0 aliphatic carbocycles. The van der Waals surface area contributed by atoms with E-state index in [1.54, 1.807) is 4.90 Å². The third kappa shape index (κ3) is 5.92. The Kier molecular flexibility index (Phi) is 7.54. The zero-order chi connectivity index (χ0) is 19.8. The number of carbonyl (C=O) groups is 2. The van der Waals surface area contributed by atoms with Crippen LogP contribution >= 0.6 is 0 Å². The largest absolute Gasteiger partial charge is 0.452 e. The van der Waals surface area contributed by atoms with Gasteiger partial charge in [-0.25, -0.2) is 4.79 Å². The first-order valence-corrected chi connectivity index (χ1v) is 8.88. The maximum absolute atomic E-state index is 12.2. The van der Waals surface area contributed by atoms with E-state index in [1.165, 1.54) is 19.2 Å². The van der Waals surface area contributed by atoms with E-state index in [-0.39, 0.29) is 29.5 Å². The van der Waals surface area contributed by atoms with Gasteiger partial charge in [0, 0.05) is 32.8 Å². The summed E-state index contributed by atoms with van der Waals surface area (Å²) in [4.78, 5) is 36.7. The molecule has 9 heteroatoms. The highest BCUT2D eigenvalue weighted by Gasteiger charge is 2.23. The van der Waals surface area contributed by atoms with Crippen molar-refractivity contribution in [1.29, 1.82) is 0 Å². The lowest BCUT2D eigenvalue weighted by Crippen LogP contribution is -2.41. The van der Waals surface area contributed by atoms with E-state index in [0.29, 0.717) is 32.2 Å². The summed E-state index contributed by atoms with van der Waals surface area (Å²) in [6.07, 6.45) is 2.02. The molecule has 1 aliphatic heterocycles. The lowest BCUT2D eigenvalue weighted by molar-refractivity contribution is -0.384. The molecule has 0 unspecified atom stereocenters. The van der Waals surface area contributed by atoms with Gasteiger partial charge in [0.2, 0.25) is 0 Å². The molecular weight excluding hydrogens is 354 g/mol. The van der Waals surface area contributed by atoms with E-state index >= 15 is 0 Å². The molecule has 0 spiro atoms. The summed E-state index contributed by atoms with van der Waals surface area (Å²) in [6, 6.07) is 4.02. The Morgan fingerprint density at radius 1 is 1.41 bits per heavy atom. The molecule has 1 aromatic rings. The third-order valence-electron chi connectivity index (χ3n) is 4.39. The van der Waals surface area contributed by atoms with E-state index < -0.39 is 10.9 Å². The van der Waals surface area contributed by atoms with Gasteiger partial charge in [-0.05, 0) is 30.9 Å². The molecule has 0 bridgehead atoms. The number of hydrogen-bond acceptors (Lipinski definition) is 7. The fourth-order valence-electron chi connectivity index (χ4n) is 2.96. The van der Waals surface area contributed by atoms with Gasteiger partial charge in [-0.3, -0.25) is 14.9 Å². The molecule has 1 fully saturated rings. The summed E-state index contributed by atoms with van der Waals surface area (Å²) in [7, 11) is 1.53. The van der Waals surface area contributed by atoms with Gasteiger partial charge in [0.05, 0.1) is 17.1 Å². The van der Waals surface area contributed by atoms with Crippen LogP contribution in [0.15, 0.2) is 18.2 Å². The summed E-state index contributed by atoms with van der Waals surface area (Å²) in [5.74, 6) is -0.582. The average molecular weight is 379 g/mol. The Balaban J connectivity index is 1.97. The van der Waals surface area contributed by atoms with Gasteiger partial charge in [0.1, 0.15) is 5.69 Å². The predicted molar refractivity (Wildman–Crippen MR) is 98.7 cm³/mol. The number of nitro groups is 1. The number of nitrogens with zero attached hydrogens (tertiary/aromatic N) is 2. The van der Waals surface area contributed by atoms with Crippen LogP contribution in [0.1, 0.15) is 30.1 Å². The van der Waals surface area contributed by atoms with Crippen LogP contribution in [0.4, 0.5) is 11.4 Å². The molecule has 1 N–H and O–H groups in total. The van der Waals surface area contributed by atoms with Crippen molar-refractivity contribution in [2.24, 2.45) is 5.92 Å². The van der Waals surface area contributed by atoms with E-state index in [9.17, 15) is 19.7 Å². The summed E-state index contributed by atoms with van der Waals surface area (Å²) >= 11 is 0. The van der Waals surface area contributed by atoms with Crippen LogP contribution in [0, 0.1) is 16.0 Å². The maximum Gasteiger partial charge on any atom is 0.338 e. The number of nitrogens with one attached hydrogen (secondary N) is 1. The molecule has 1 amide bonds. The van der Waals surface area contributed by atoms with Crippen LogP contribution in [-0.4, -0.2) is 61.7 Å². The highest BCUT2D eigenvalue weighted by Crippen LogP contribution is 2.26. The molecule has 1 atom stereocenters. The highest BCUT2D eigenvalue weighted by atomic mass is 16.6. The molecular formula is C18H25N3O6. The van der Waals surface area contributed by atoms with Crippen molar-refractivity contribution in [2.75, 3.05) is 45.3 Å². The fourth-order valence-corrected chi connectivity index (χ4v) is 2.96. The van der Waals surface area contributed by atoms with Crippen LogP contribution in [0.5, 0.6) is 0 Å². The fraction of sp³-hybridized carbons (Fsp3) is 0.556. The first-order valence-electron chi connectivity index (χ1n) is 8.88. The number of hydrogen-bond donors (Lipinski definition) is 1. The maximum atomic E-state index is 12.2. The van der Waals surface area contributed by atoms with Crippen molar-refractivity contribution in [1.82, 2.24) is 4.90 Å². The Morgan fingerprint density at radius 3 is 2.85 bits per heavy atom. The minimum absolute atomic E-state index is 0.0267. The first-order chi connectivity index (χ1) is 12.9. The molecule has 0 saturated carbocycles. The molecule has 2 rings (SSSR count). The van der Waals surface area contributed by atoms with E-state index in [4.69, 9.17) is 9.47 Å². The number of piperidine rings is 1. The molecule has 1 aliphatic rings. The van der Waals surface area contributed by atoms with Gasteiger partial charge in [0.15, 0.2) is 6.61 Å². The van der Waals surface area contributed by atoms with Crippen molar-refractivity contribution in [3.63, 3.8) is 0 Å². The number of methoxy groups -OCH3 is 1. The number of likely N-dealkylation sites (tertiary alicyclic amines) is 1. The Labute approximate surface area is 157 Å². The van der Waals surface area contributed by atoms with Gasteiger partial charge in [-0.1, -0.05) is 6.92 Å². The second kappa shape index (κ2) is 9.86. The number of amides is 1. The second-order valence-electron chi connectivity index (χ2n) is 6.57. The number of esters is 1. The standard InChI is InChI=1S/C18H25N3O6/c1-13-4-3-8-20(11-13)17(22)12-27-18(23)14-5-6-15(19-7-9-26-2)16(10-14)21(24)25/h5-6,10,13,19H,3-4,7-9,11-12H2,1-2H3/t13-/m1/s1. The normalized spacial score (nSPS) is 16.7. The van der Waals surface area contributed by atoms with Crippen LogP contribution in [0.25, 0.3) is 0 Å². The van der Waals surface area contributed by atoms with Gasteiger partial charge in [-0.15, -0.1) is 0 Å². The smallest absolute Gasteiger partial charge is 0.338 e. The Hall–Kier alpha value is -2.68. The van der Waals surface area contributed by atoms with E-state index in [0.717, 1.165) is 18.9 Å². The SMILES string of the molecule is COCCNc1ccc(C(=O)OCC(=O)N2CCC[C@@H](C)C2)cc1[N+](=O)[O-]. The monoisotopic (exact) mass is 379 g/mol. The second-order valence-corrected chi connectivity index (χ2v) is 6.57. The topological polar surface area (TPSA) is 111 Å². The Morgan fingerprint density at radius 2 is 2.19 bits per heavy atom. The molecule has 1 saturated heterocycles. The number of ether oxygens (including phenoxy) is 2. The summed E-state index contributed by atoms with van der Waals surface area (Å²) in [6.45, 7) is 3.81. The zero-order valence-corrected chi connectivity index (χ0v) is 15.6. The number of carbonyl (C=O) groups excluding carboxylic acids is 2. The number of benzene rings is 1. The lowest BCUT2D eigenvalue weighted by Gasteiger charge is -2.30. The molecule has 27 heavy (non-hydrogen) atoms. The summed E-state index contributed by atoms with van der Waals surface area (Å²) < 4.78 is 9.95. The van der Waals surface area contributed by atoms with Crippen molar-refractivity contribution in [3.05, 3.63) is 33.9 Å².